The number of anilines is 1. The Kier molecular flexibility index (Phi) is 5.30. The number of rotatable bonds is 8. The number of tetrazole rings is 1. The zero-order valence-electron chi connectivity index (χ0n) is 13.9. The Hall–Kier alpha value is -3.29. The third-order valence-corrected chi connectivity index (χ3v) is 3.65. The number of aromatic nitrogens is 4. The smallest absolute Gasteiger partial charge is 0.260 e. The van der Waals surface area contributed by atoms with Gasteiger partial charge in [-0.3, -0.25) is 0 Å². The van der Waals surface area contributed by atoms with Gasteiger partial charge >= 0.3 is 0 Å². The quantitative estimate of drug-likeness (QED) is 0.643. The third-order valence-electron chi connectivity index (χ3n) is 3.65. The second kappa shape index (κ2) is 8.00. The fourth-order valence-corrected chi connectivity index (χ4v) is 2.34. The van der Waals surface area contributed by atoms with Crippen LogP contribution >= 0.6 is 0 Å². The summed E-state index contributed by atoms with van der Waals surface area (Å²) in [5.74, 6) is 1.59. The predicted octanol–water partition coefficient (Wildman–Crippen LogP) is 1.63. The first kappa shape index (κ1) is 16.6. The van der Waals surface area contributed by atoms with E-state index in [1.165, 1.54) is 10.4 Å². The van der Waals surface area contributed by atoms with Gasteiger partial charge in [0.05, 0.1) is 20.3 Å². The van der Waals surface area contributed by atoms with Crippen LogP contribution in [0, 0.1) is 0 Å². The lowest BCUT2D eigenvalue weighted by molar-refractivity contribution is 0.297. The zero-order chi connectivity index (χ0) is 17.5. The number of hydrogen-bond donors (Lipinski definition) is 2. The Labute approximate surface area is 145 Å². The number of ether oxygens (including phenoxy) is 2. The van der Waals surface area contributed by atoms with Crippen molar-refractivity contribution in [2.24, 2.45) is 0 Å². The van der Waals surface area contributed by atoms with E-state index in [0.717, 1.165) is 12.0 Å². The van der Waals surface area contributed by atoms with Crippen molar-refractivity contribution < 1.29 is 9.47 Å². The summed E-state index contributed by atoms with van der Waals surface area (Å²) < 4.78 is 11.3. The minimum absolute atomic E-state index is 0.202. The molecule has 0 aliphatic rings. The zero-order valence-corrected chi connectivity index (χ0v) is 13.9. The number of nitrogens with two attached hydrogens (primary N) is 1. The molecule has 3 aromatic rings. The second-order valence-electron chi connectivity index (χ2n) is 5.35. The molecule has 0 bridgehead atoms. The number of hydrogen-bond acceptors (Lipinski definition) is 7. The Morgan fingerprint density at radius 2 is 1.92 bits per heavy atom. The molecule has 1 heterocycles. The van der Waals surface area contributed by atoms with Gasteiger partial charge in [0.25, 0.3) is 5.95 Å². The fraction of sp³-hybridized carbons (Fsp3) is 0.235. The van der Waals surface area contributed by atoms with Gasteiger partial charge < -0.3 is 20.6 Å². The van der Waals surface area contributed by atoms with Gasteiger partial charge in [0, 0.05) is 6.42 Å². The maximum absolute atomic E-state index is 5.85. The summed E-state index contributed by atoms with van der Waals surface area (Å²) in [7, 11) is 1.62. The van der Waals surface area contributed by atoms with Gasteiger partial charge in [-0.1, -0.05) is 41.5 Å². The molecule has 0 spiro atoms. The topological polar surface area (TPSA) is 100 Å². The molecule has 0 fully saturated rings. The van der Waals surface area contributed by atoms with Crippen LogP contribution in [0.4, 0.5) is 5.95 Å². The van der Waals surface area contributed by atoms with Crippen molar-refractivity contribution in [3.63, 3.8) is 0 Å². The maximum atomic E-state index is 5.85. The molecular formula is C17H20N6O2. The lowest BCUT2D eigenvalue weighted by Crippen LogP contribution is -2.18. The minimum atomic E-state index is 0.202. The number of methoxy groups -OCH3 is 1. The molecule has 3 rings (SSSR count). The van der Waals surface area contributed by atoms with E-state index in [1.54, 1.807) is 7.11 Å². The summed E-state index contributed by atoms with van der Waals surface area (Å²) in [5.41, 5.74) is 10.8. The molecule has 130 valence electrons. The largest absolute Gasteiger partial charge is 0.493 e. The van der Waals surface area contributed by atoms with Crippen molar-refractivity contribution in [2.45, 2.75) is 13.0 Å². The molecule has 8 heteroatoms. The van der Waals surface area contributed by atoms with Crippen molar-refractivity contribution >= 4 is 5.95 Å². The summed E-state index contributed by atoms with van der Waals surface area (Å²) in [6, 6.07) is 16.0. The molecule has 0 saturated heterocycles. The normalized spacial score (nSPS) is 10.4. The van der Waals surface area contributed by atoms with E-state index >= 15 is 0 Å². The lowest BCUT2D eigenvalue weighted by Gasteiger charge is -2.13. The molecular weight excluding hydrogens is 320 g/mol. The number of nitrogen functional groups attached to an aromatic ring is 1. The van der Waals surface area contributed by atoms with Crippen LogP contribution in [0.25, 0.3) is 0 Å². The second-order valence-corrected chi connectivity index (χ2v) is 5.35. The molecule has 2 aromatic carbocycles. The third kappa shape index (κ3) is 4.37. The van der Waals surface area contributed by atoms with Crippen molar-refractivity contribution in [1.29, 1.82) is 0 Å². The van der Waals surface area contributed by atoms with E-state index in [4.69, 9.17) is 15.2 Å². The molecule has 25 heavy (non-hydrogen) atoms. The average molecular weight is 340 g/mol. The first-order chi connectivity index (χ1) is 12.3. The maximum Gasteiger partial charge on any atom is 0.260 e. The van der Waals surface area contributed by atoms with Gasteiger partial charge in [-0.05, 0) is 33.7 Å². The first-order valence-electron chi connectivity index (χ1n) is 7.87. The van der Waals surface area contributed by atoms with E-state index in [0.29, 0.717) is 24.7 Å². The van der Waals surface area contributed by atoms with Crippen molar-refractivity contribution in [3.8, 4) is 11.5 Å². The standard InChI is InChI=1S/C17H20N6O2/c1-24-16-11-14(12-19-23-17(18)20-21-22-23)7-8-15(16)25-10-9-13-5-3-2-4-6-13/h2-8,11,19H,9-10,12H2,1H3,(H2,18,20,22). The summed E-state index contributed by atoms with van der Waals surface area (Å²) in [6.45, 7) is 1.08. The number of nitrogens with one attached hydrogen (secondary N) is 1. The van der Waals surface area contributed by atoms with Crippen LogP contribution in [-0.4, -0.2) is 34.0 Å². The SMILES string of the molecule is COc1cc(CNn2nnnc2N)ccc1OCCc1ccccc1. The van der Waals surface area contributed by atoms with Crippen LogP contribution in [0.5, 0.6) is 11.5 Å². The highest BCUT2D eigenvalue weighted by Crippen LogP contribution is 2.28. The van der Waals surface area contributed by atoms with Crippen molar-refractivity contribution in [1.82, 2.24) is 20.3 Å². The van der Waals surface area contributed by atoms with E-state index in [2.05, 4.69) is 33.1 Å². The summed E-state index contributed by atoms with van der Waals surface area (Å²) in [4.78, 5) is 1.32. The first-order valence-corrected chi connectivity index (χ1v) is 7.87. The Bertz CT molecular complexity index is 806. The minimum Gasteiger partial charge on any atom is -0.493 e. The molecule has 0 radical (unpaired) electrons. The summed E-state index contributed by atoms with van der Waals surface area (Å²) in [6.07, 6.45) is 0.839. The molecule has 0 amide bonds. The molecule has 0 aliphatic carbocycles. The van der Waals surface area contributed by atoms with E-state index in [1.807, 2.05) is 36.4 Å². The summed E-state index contributed by atoms with van der Waals surface area (Å²) >= 11 is 0. The Balaban J connectivity index is 1.58. The number of benzene rings is 2. The van der Waals surface area contributed by atoms with Gasteiger partial charge in [-0.2, -0.15) is 0 Å². The van der Waals surface area contributed by atoms with Crippen LogP contribution < -0.4 is 20.6 Å². The van der Waals surface area contributed by atoms with Crippen LogP contribution in [0.15, 0.2) is 48.5 Å². The molecule has 8 nitrogen and oxygen atoms in total. The fourth-order valence-electron chi connectivity index (χ4n) is 2.34. The van der Waals surface area contributed by atoms with Crippen LogP contribution in [-0.2, 0) is 13.0 Å². The molecule has 0 atom stereocenters. The Morgan fingerprint density at radius 1 is 1.08 bits per heavy atom. The molecule has 3 N–H and O–H groups in total. The van der Waals surface area contributed by atoms with Crippen molar-refractivity contribution in [3.05, 3.63) is 59.7 Å². The van der Waals surface area contributed by atoms with E-state index < -0.39 is 0 Å². The van der Waals surface area contributed by atoms with Crippen molar-refractivity contribution in [2.75, 3.05) is 24.9 Å². The molecule has 0 aliphatic heterocycles. The highest BCUT2D eigenvalue weighted by atomic mass is 16.5. The van der Waals surface area contributed by atoms with E-state index in [-0.39, 0.29) is 5.95 Å². The van der Waals surface area contributed by atoms with Crippen LogP contribution in [0.3, 0.4) is 0 Å². The van der Waals surface area contributed by atoms with E-state index in [9.17, 15) is 0 Å². The molecule has 0 saturated carbocycles. The molecule has 1 aromatic heterocycles. The van der Waals surface area contributed by atoms with Gasteiger partial charge in [-0.25, -0.2) is 0 Å². The van der Waals surface area contributed by atoms with Gasteiger partial charge in [0.2, 0.25) is 0 Å². The monoisotopic (exact) mass is 340 g/mol. The number of nitrogens with zero attached hydrogens (tertiary/aromatic N) is 4. The van der Waals surface area contributed by atoms with Crippen LogP contribution in [0.1, 0.15) is 11.1 Å². The van der Waals surface area contributed by atoms with Crippen LogP contribution in [0.2, 0.25) is 0 Å². The lowest BCUT2D eigenvalue weighted by atomic mass is 10.2. The average Bonchev–Trinajstić information content (AvgIpc) is 3.06. The predicted molar refractivity (Wildman–Crippen MR) is 93.9 cm³/mol. The van der Waals surface area contributed by atoms with Gasteiger partial charge in [-0.15, -0.1) is 4.79 Å². The van der Waals surface area contributed by atoms with Gasteiger partial charge in [0.1, 0.15) is 0 Å². The van der Waals surface area contributed by atoms with Gasteiger partial charge in [0.15, 0.2) is 11.5 Å². The molecule has 0 unspecified atom stereocenters. The summed E-state index contributed by atoms with van der Waals surface area (Å²) in [5, 5.41) is 10.8. The highest BCUT2D eigenvalue weighted by molar-refractivity contribution is 5.43. The Morgan fingerprint density at radius 3 is 2.64 bits per heavy atom. The highest BCUT2D eigenvalue weighted by Gasteiger charge is 2.07.